The summed E-state index contributed by atoms with van der Waals surface area (Å²) < 4.78 is 36.8. The van der Waals surface area contributed by atoms with Crippen LogP contribution >= 0.6 is 0 Å². The van der Waals surface area contributed by atoms with E-state index < -0.39 is 10.1 Å². The predicted molar refractivity (Wildman–Crippen MR) is 90.1 cm³/mol. The van der Waals surface area contributed by atoms with Gasteiger partial charge in [0.1, 0.15) is 17.3 Å². The molecular formula is C17H19NO4S. The van der Waals surface area contributed by atoms with E-state index in [1.165, 1.54) is 12.1 Å². The summed E-state index contributed by atoms with van der Waals surface area (Å²) in [6.07, 6.45) is 7.08. The minimum Gasteiger partial charge on any atom is -0.488 e. The summed E-state index contributed by atoms with van der Waals surface area (Å²) in [5.41, 5.74) is 0.650. The van der Waals surface area contributed by atoms with Gasteiger partial charge < -0.3 is 4.74 Å². The summed E-state index contributed by atoms with van der Waals surface area (Å²) in [7, 11) is -4.30. The fraction of sp³-hybridized carbons (Fsp3) is 0.118. The van der Waals surface area contributed by atoms with Crippen molar-refractivity contribution in [1.82, 2.24) is 4.98 Å². The van der Waals surface area contributed by atoms with Crippen molar-refractivity contribution in [2.24, 2.45) is 0 Å². The van der Waals surface area contributed by atoms with Gasteiger partial charge in [0.25, 0.3) is 10.1 Å². The van der Waals surface area contributed by atoms with E-state index in [2.05, 4.69) is 18.1 Å². The molecule has 0 unspecified atom stereocenters. The van der Waals surface area contributed by atoms with E-state index in [-0.39, 0.29) is 17.3 Å². The zero-order chi connectivity index (χ0) is 17.1. The molecule has 1 N–H and O–H groups in total. The molecule has 0 aliphatic heterocycles. The number of para-hydroxylation sites is 1. The highest BCUT2D eigenvalue weighted by Gasteiger charge is 2.18. The van der Waals surface area contributed by atoms with Gasteiger partial charge in [0.05, 0.1) is 0 Å². The molecule has 0 bridgehead atoms. The lowest BCUT2D eigenvalue weighted by molar-refractivity contribution is 0.347. The number of hydrogen-bond donors (Lipinski definition) is 1. The number of ether oxygens (including phenoxy) is 1. The standard InChI is InChI=1S/C12H14O4S.C5H5N/c1-3-6-10-7-5-8-11(17(13,14)15)12(10)16-9-4-2;1-2-4-6-5-3-1/h3-5,7-8H,1-2,6,9H2,(H,13,14,15);1-5H. The second kappa shape index (κ2) is 9.55. The van der Waals surface area contributed by atoms with E-state index in [0.717, 1.165) is 0 Å². The van der Waals surface area contributed by atoms with Crippen LogP contribution in [0.25, 0.3) is 0 Å². The van der Waals surface area contributed by atoms with Crippen molar-refractivity contribution in [2.45, 2.75) is 11.3 Å². The van der Waals surface area contributed by atoms with Crippen molar-refractivity contribution >= 4 is 10.1 Å². The molecule has 2 aromatic rings. The van der Waals surface area contributed by atoms with Gasteiger partial charge in [-0.3, -0.25) is 9.54 Å². The number of pyridine rings is 1. The van der Waals surface area contributed by atoms with Crippen LogP contribution in [0, 0.1) is 0 Å². The number of rotatable bonds is 6. The fourth-order valence-corrected chi connectivity index (χ4v) is 2.37. The van der Waals surface area contributed by atoms with Crippen molar-refractivity contribution in [3.8, 4) is 5.75 Å². The lowest BCUT2D eigenvalue weighted by Gasteiger charge is -2.12. The third kappa shape index (κ3) is 6.46. The second-order valence-electron chi connectivity index (χ2n) is 4.34. The van der Waals surface area contributed by atoms with Crippen molar-refractivity contribution in [3.63, 3.8) is 0 Å². The zero-order valence-electron chi connectivity index (χ0n) is 12.6. The Kier molecular flexibility index (Phi) is 7.73. The SMILES string of the molecule is C=CCOc1c(CC=C)cccc1S(=O)(=O)O.c1ccncc1. The van der Waals surface area contributed by atoms with Gasteiger partial charge in [-0.15, -0.1) is 6.58 Å². The summed E-state index contributed by atoms with van der Waals surface area (Å²) in [5.74, 6) is 0.148. The summed E-state index contributed by atoms with van der Waals surface area (Å²) in [6.45, 7) is 7.23. The molecule has 0 spiro atoms. The molecule has 1 aromatic heterocycles. The summed E-state index contributed by atoms with van der Waals surface area (Å²) >= 11 is 0. The molecule has 0 fully saturated rings. The average Bonchev–Trinajstić information content (AvgIpc) is 2.55. The van der Waals surface area contributed by atoms with Gasteiger partial charge in [0.2, 0.25) is 0 Å². The highest BCUT2D eigenvalue weighted by molar-refractivity contribution is 7.86. The van der Waals surface area contributed by atoms with Crippen LogP contribution in [0.1, 0.15) is 5.56 Å². The van der Waals surface area contributed by atoms with Crippen LogP contribution in [0.3, 0.4) is 0 Å². The van der Waals surface area contributed by atoms with Crippen molar-refractivity contribution < 1.29 is 17.7 Å². The molecule has 5 nitrogen and oxygen atoms in total. The van der Waals surface area contributed by atoms with Crippen LogP contribution in [0.15, 0.2) is 79.0 Å². The lowest BCUT2D eigenvalue weighted by Crippen LogP contribution is -2.06. The Morgan fingerprint density at radius 2 is 1.78 bits per heavy atom. The highest BCUT2D eigenvalue weighted by Crippen LogP contribution is 2.28. The first-order valence-electron chi connectivity index (χ1n) is 6.79. The lowest BCUT2D eigenvalue weighted by atomic mass is 10.1. The minimum absolute atomic E-state index is 0.148. The maximum atomic E-state index is 11.2. The van der Waals surface area contributed by atoms with E-state index in [1.807, 2.05) is 18.2 Å². The smallest absolute Gasteiger partial charge is 0.298 e. The monoisotopic (exact) mass is 333 g/mol. The summed E-state index contributed by atoms with van der Waals surface area (Å²) in [6, 6.07) is 10.3. The van der Waals surface area contributed by atoms with Crippen LogP contribution in [0.2, 0.25) is 0 Å². The van der Waals surface area contributed by atoms with Crippen LogP contribution in [-0.4, -0.2) is 24.6 Å². The molecule has 0 aliphatic rings. The Bertz CT molecular complexity index is 701. The average molecular weight is 333 g/mol. The molecule has 0 atom stereocenters. The molecule has 122 valence electrons. The molecule has 0 radical (unpaired) electrons. The van der Waals surface area contributed by atoms with Gasteiger partial charge in [-0.2, -0.15) is 8.42 Å². The van der Waals surface area contributed by atoms with E-state index in [1.54, 1.807) is 30.6 Å². The molecule has 23 heavy (non-hydrogen) atoms. The predicted octanol–water partition coefficient (Wildman–Crippen LogP) is 3.31. The van der Waals surface area contributed by atoms with E-state index in [0.29, 0.717) is 12.0 Å². The molecule has 6 heteroatoms. The van der Waals surface area contributed by atoms with Crippen molar-refractivity contribution in [1.29, 1.82) is 0 Å². The maximum absolute atomic E-state index is 11.2. The first kappa shape index (κ1) is 18.6. The summed E-state index contributed by atoms with van der Waals surface area (Å²) in [5, 5.41) is 0. The van der Waals surface area contributed by atoms with Crippen molar-refractivity contribution in [2.75, 3.05) is 6.61 Å². The van der Waals surface area contributed by atoms with E-state index in [9.17, 15) is 8.42 Å². The van der Waals surface area contributed by atoms with Crippen LogP contribution < -0.4 is 4.74 Å². The third-order valence-corrected chi connectivity index (χ3v) is 3.49. The zero-order valence-corrected chi connectivity index (χ0v) is 13.4. The fourth-order valence-electron chi connectivity index (χ4n) is 1.70. The Hall–Kier alpha value is -2.44. The van der Waals surface area contributed by atoms with Crippen molar-refractivity contribution in [3.05, 3.63) is 79.7 Å². The van der Waals surface area contributed by atoms with Crippen LogP contribution in [0.5, 0.6) is 5.75 Å². The highest BCUT2D eigenvalue weighted by atomic mass is 32.2. The van der Waals surface area contributed by atoms with Gasteiger partial charge in [-0.1, -0.05) is 36.9 Å². The molecule has 0 saturated heterocycles. The second-order valence-corrected chi connectivity index (χ2v) is 5.73. The molecule has 0 amide bonds. The third-order valence-electron chi connectivity index (χ3n) is 2.61. The number of aromatic nitrogens is 1. The quantitative estimate of drug-likeness (QED) is 0.648. The molecule has 1 heterocycles. The van der Waals surface area contributed by atoms with E-state index in [4.69, 9.17) is 9.29 Å². The van der Waals surface area contributed by atoms with Gasteiger partial charge in [0, 0.05) is 12.4 Å². The van der Waals surface area contributed by atoms with Gasteiger partial charge in [0.15, 0.2) is 0 Å². The molecular weight excluding hydrogens is 314 g/mol. The van der Waals surface area contributed by atoms with Crippen LogP contribution in [0.4, 0.5) is 0 Å². The normalized spacial score (nSPS) is 10.1. The largest absolute Gasteiger partial charge is 0.488 e. The van der Waals surface area contributed by atoms with Gasteiger partial charge >= 0.3 is 0 Å². The first-order valence-corrected chi connectivity index (χ1v) is 8.23. The Morgan fingerprint density at radius 1 is 1.09 bits per heavy atom. The maximum Gasteiger partial charge on any atom is 0.298 e. The Morgan fingerprint density at radius 3 is 2.22 bits per heavy atom. The van der Waals surface area contributed by atoms with Gasteiger partial charge in [-0.05, 0) is 30.2 Å². The molecule has 0 aliphatic carbocycles. The van der Waals surface area contributed by atoms with E-state index >= 15 is 0 Å². The number of allylic oxidation sites excluding steroid dienone is 1. The number of hydrogen-bond acceptors (Lipinski definition) is 4. The first-order chi connectivity index (χ1) is 11.0. The Balaban J connectivity index is 0.000000366. The summed E-state index contributed by atoms with van der Waals surface area (Å²) in [4.78, 5) is 3.55. The number of nitrogens with zero attached hydrogens (tertiary/aromatic N) is 1. The minimum atomic E-state index is -4.30. The van der Waals surface area contributed by atoms with Gasteiger partial charge in [-0.25, -0.2) is 0 Å². The number of benzene rings is 1. The Labute approximate surface area is 136 Å². The molecule has 0 saturated carbocycles. The molecule has 1 aromatic carbocycles. The topological polar surface area (TPSA) is 76.5 Å². The molecule has 2 rings (SSSR count). The van der Waals surface area contributed by atoms with Crippen LogP contribution in [-0.2, 0) is 16.5 Å².